The predicted molar refractivity (Wildman–Crippen MR) is 61.6 cm³/mol. The number of benzene rings is 1. The summed E-state index contributed by atoms with van der Waals surface area (Å²) in [5.41, 5.74) is 1.29. The van der Waals surface area contributed by atoms with Gasteiger partial charge in [-0.1, -0.05) is 12.1 Å². The minimum absolute atomic E-state index is 0.262. The molecule has 14 heavy (non-hydrogen) atoms. The number of aliphatic hydroxyl groups excluding tert-OH is 1. The van der Waals surface area contributed by atoms with Gasteiger partial charge >= 0.3 is 0 Å². The third kappa shape index (κ3) is 4.13. The van der Waals surface area contributed by atoms with Crippen molar-refractivity contribution in [2.24, 2.45) is 0 Å². The van der Waals surface area contributed by atoms with Crippen molar-refractivity contribution >= 4 is 11.8 Å². The molecule has 3 heteroatoms. The molecule has 0 radical (unpaired) electrons. The lowest BCUT2D eigenvalue weighted by Crippen LogP contribution is -2.15. The number of thioether (sulfide) groups is 1. The Labute approximate surface area is 89.7 Å². The van der Waals surface area contributed by atoms with Crippen LogP contribution in [0.1, 0.15) is 12.0 Å². The summed E-state index contributed by atoms with van der Waals surface area (Å²) in [5.74, 6) is 0. The second kappa shape index (κ2) is 6.87. The van der Waals surface area contributed by atoms with Crippen LogP contribution in [0, 0.1) is 0 Å². The summed E-state index contributed by atoms with van der Waals surface area (Å²) in [6.45, 7) is 2.02. The topological polar surface area (TPSA) is 32.3 Å². The zero-order chi connectivity index (χ0) is 10.2. The molecule has 0 fully saturated rings. The lowest BCUT2D eigenvalue weighted by Gasteiger charge is -2.04. The molecule has 78 valence electrons. The Kier molecular flexibility index (Phi) is 5.68. The smallest absolute Gasteiger partial charge is 0.0443 e. The average Bonchev–Trinajstić information content (AvgIpc) is 2.25. The molecule has 0 atom stereocenters. The summed E-state index contributed by atoms with van der Waals surface area (Å²) in [7, 11) is 0. The van der Waals surface area contributed by atoms with E-state index in [1.54, 1.807) is 11.8 Å². The highest BCUT2D eigenvalue weighted by Gasteiger charge is 1.93. The van der Waals surface area contributed by atoms with Crippen molar-refractivity contribution in [3.8, 4) is 0 Å². The van der Waals surface area contributed by atoms with Gasteiger partial charge in [-0.05, 0) is 36.9 Å². The molecule has 0 heterocycles. The van der Waals surface area contributed by atoms with E-state index in [1.807, 2.05) is 0 Å². The first-order valence-corrected chi connectivity index (χ1v) is 6.04. The minimum Gasteiger partial charge on any atom is -0.396 e. The fourth-order valence-corrected chi connectivity index (χ4v) is 1.59. The highest BCUT2D eigenvalue weighted by Crippen LogP contribution is 2.14. The number of hydrogen-bond donors (Lipinski definition) is 2. The van der Waals surface area contributed by atoms with Crippen LogP contribution in [0.2, 0.25) is 0 Å². The van der Waals surface area contributed by atoms with E-state index in [2.05, 4.69) is 35.8 Å². The number of hydrogen-bond acceptors (Lipinski definition) is 3. The van der Waals surface area contributed by atoms with Gasteiger partial charge in [0.15, 0.2) is 0 Å². The van der Waals surface area contributed by atoms with Gasteiger partial charge in [-0.2, -0.15) is 0 Å². The van der Waals surface area contributed by atoms with Gasteiger partial charge in [0, 0.05) is 18.0 Å². The maximum absolute atomic E-state index is 8.59. The quantitative estimate of drug-likeness (QED) is 0.556. The van der Waals surface area contributed by atoms with Crippen LogP contribution >= 0.6 is 11.8 Å². The molecule has 2 nitrogen and oxygen atoms in total. The third-order valence-corrected chi connectivity index (χ3v) is 2.74. The van der Waals surface area contributed by atoms with E-state index >= 15 is 0 Å². The molecule has 0 spiro atoms. The van der Waals surface area contributed by atoms with Crippen LogP contribution in [-0.2, 0) is 6.54 Å². The zero-order valence-corrected chi connectivity index (χ0v) is 9.31. The van der Waals surface area contributed by atoms with E-state index in [0.29, 0.717) is 0 Å². The van der Waals surface area contributed by atoms with Crippen molar-refractivity contribution in [1.82, 2.24) is 5.32 Å². The largest absolute Gasteiger partial charge is 0.396 e. The van der Waals surface area contributed by atoms with Gasteiger partial charge in [0.2, 0.25) is 0 Å². The molecular formula is C11H17NOS. The zero-order valence-electron chi connectivity index (χ0n) is 8.49. The lowest BCUT2D eigenvalue weighted by atomic mass is 10.2. The second-order valence-corrected chi connectivity index (χ2v) is 3.98. The molecule has 1 rings (SSSR count). The predicted octanol–water partition coefficient (Wildman–Crippen LogP) is 1.88. The summed E-state index contributed by atoms with van der Waals surface area (Å²) in [4.78, 5) is 1.30. The molecular weight excluding hydrogens is 194 g/mol. The van der Waals surface area contributed by atoms with Gasteiger partial charge < -0.3 is 10.4 Å². The first-order chi connectivity index (χ1) is 6.86. The van der Waals surface area contributed by atoms with Crippen molar-refractivity contribution < 1.29 is 5.11 Å². The summed E-state index contributed by atoms with van der Waals surface area (Å²) in [6, 6.07) is 8.54. The molecule has 0 saturated heterocycles. The molecule has 0 aliphatic rings. The average molecular weight is 211 g/mol. The van der Waals surface area contributed by atoms with Gasteiger partial charge in [-0.25, -0.2) is 0 Å². The Morgan fingerprint density at radius 2 is 2.00 bits per heavy atom. The second-order valence-electron chi connectivity index (χ2n) is 3.10. The molecule has 0 unspecified atom stereocenters. The maximum atomic E-state index is 8.59. The van der Waals surface area contributed by atoms with Gasteiger partial charge in [0.05, 0.1) is 0 Å². The van der Waals surface area contributed by atoms with Crippen LogP contribution in [0.5, 0.6) is 0 Å². The van der Waals surface area contributed by atoms with E-state index in [1.165, 1.54) is 10.5 Å². The first kappa shape index (κ1) is 11.6. The van der Waals surface area contributed by atoms with Crippen molar-refractivity contribution in [3.05, 3.63) is 29.8 Å². The SMILES string of the molecule is CSc1ccc(CNCCCO)cc1. The van der Waals surface area contributed by atoms with Crippen molar-refractivity contribution in [2.45, 2.75) is 17.9 Å². The van der Waals surface area contributed by atoms with Crippen LogP contribution in [0.15, 0.2) is 29.2 Å². The van der Waals surface area contributed by atoms with Crippen LogP contribution in [0.25, 0.3) is 0 Å². The van der Waals surface area contributed by atoms with E-state index in [4.69, 9.17) is 5.11 Å². The Balaban J connectivity index is 2.29. The number of rotatable bonds is 6. The monoisotopic (exact) mass is 211 g/mol. The standard InChI is InChI=1S/C11H17NOS/c1-14-11-5-3-10(4-6-11)9-12-7-2-8-13/h3-6,12-13H,2,7-9H2,1H3. The van der Waals surface area contributed by atoms with Crippen LogP contribution < -0.4 is 5.32 Å². The molecule has 0 bridgehead atoms. The van der Waals surface area contributed by atoms with E-state index in [9.17, 15) is 0 Å². The molecule has 0 aliphatic heterocycles. The number of nitrogens with one attached hydrogen (secondary N) is 1. The van der Waals surface area contributed by atoms with Gasteiger partial charge in [-0.15, -0.1) is 11.8 Å². The van der Waals surface area contributed by atoms with E-state index in [-0.39, 0.29) is 6.61 Å². The molecule has 0 aromatic heterocycles. The normalized spacial score (nSPS) is 10.4. The Morgan fingerprint density at radius 1 is 1.29 bits per heavy atom. The fourth-order valence-electron chi connectivity index (χ4n) is 1.18. The minimum atomic E-state index is 0.262. The third-order valence-electron chi connectivity index (χ3n) is 2.00. The first-order valence-electron chi connectivity index (χ1n) is 4.81. The molecule has 1 aromatic carbocycles. The Morgan fingerprint density at radius 3 is 2.57 bits per heavy atom. The van der Waals surface area contributed by atoms with E-state index in [0.717, 1.165) is 19.5 Å². The lowest BCUT2D eigenvalue weighted by molar-refractivity contribution is 0.286. The van der Waals surface area contributed by atoms with Gasteiger partial charge in [0.25, 0.3) is 0 Å². The fraction of sp³-hybridized carbons (Fsp3) is 0.455. The summed E-state index contributed by atoms with van der Waals surface area (Å²) in [5, 5.41) is 11.9. The summed E-state index contributed by atoms with van der Waals surface area (Å²) < 4.78 is 0. The van der Waals surface area contributed by atoms with Crippen LogP contribution in [0.4, 0.5) is 0 Å². The Hall–Kier alpha value is -0.510. The highest BCUT2D eigenvalue weighted by atomic mass is 32.2. The summed E-state index contributed by atoms with van der Waals surface area (Å²) in [6.07, 6.45) is 2.90. The van der Waals surface area contributed by atoms with Crippen molar-refractivity contribution in [3.63, 3.8) is 0 Å². The molecule has 1 aromatic rings. The van der Waals surface area contributed by atoms with Crippen LogP contribution in [-0.4, -0.2) is 24.5 Å². The van der Waals surface area contributed by atoms with E-state index < -0.39 is 0 Å². The maximum Gasteiger partial charge on any atom is 0.0443 e. The molecule has 2 N–H and O–H groups in total. The van der Waals surface area contributed by atoms with Crippen molar-refractivity contribution in [2.75, 3.05) is 19.4 Å². The highest BCUT2D eigenvalue weighted by molar-refractivity contribution is 7.98. The number of aliphatic hydroxyl groups is 1. The summed E-state index contributed by atoms with van der Waals surface area (Å²) >= 11 is 1.76. The van der Waals surface area contributed by atoms with Gasteiger partial charge in [0.1, 0.15) is 0 Å². The van der Waals surface area contributed by atoms with Crippen LogP contribution in [0.3, 0.4) is 0 Å². The van der Waals surface area contributed by atoms with Gasteiger partial charge in [-0.3, -0.25) is 0 Å². The van der Waals surface area contributed by atoms with Crippen molar-refractivity contribution in [1.29, 1.82) is 0 Å². The molecule has 0 amide bonds. The molecule has 0 aliphatic carbocycles. The molecule has 0 saturated carbocycles. The Bertz CT molecular complexity index is 248.